The van der Waals surface area contributed by atoms with Crippen LogP contribution in [0.25, 0.3) is 0 Å². The quantitative estimate of drug-likeness (QED) is 0.0285. The molecule has 9 heteroatoms. The Morgan fingerprint density at radius 2 is 0.818 bits per heavy atom. The molecule has 0 bridgehead atoms. The van der Waals surface area contributed by atoms with Crippen LogP contribution in [0.4, 0.5) is 0 Å². The molecular formula is C46H83N5O4. The summed E-state index contributed by atoms with van der Waals surface area (Å²) in [5.41, 5.74) is 0. The molecule has 2 atom stereocenters. The second-order valence-electron chi connectivity index (χ2n) is 15.4. The molecule has 0 aromatic heterocycles. The zero-order chi connectivity index (χ0) is 40.0. The number of carbonyl (C=O) groups excluding carboxylic acids is 2. The molecule has 2 amide bonds. The van der Waals surface area contributed by atoms with Crippen LogP contribution in [0.1, 0.15) is 175 Å². The Bertz CT molecular complexity index is 987. The third kappa shape index (κ3) is 35.4. The fourth-order valence-corrected chi connectivity index (χ4v) is 6.34. The van der Waals surface area contributed by atoms with Crippen molar-refractivity contribution in [2.75, 3.05) is 39.3 Å². The number of carboxylic acid groups (broad SMARTS) is 1. The number of hydrogen-bond donors (Lipinski definition) is 4. The summed E-state index contributed by atoms with van der Waals surface area (Å²) in [4.78, 5) is 38.9. The van der Waals surface area contributed by atoms with E-state index < -0.39 is 5.97 Å². The Kier molecular flexibility index (Phi) is 33.7. The summed E-state index contributed by atoms with van der Waals surface area (Å²) >= 11 is 0. The Balaban J connectivity index is 0.00000359. The number of unbranched alkanes of at least 4 members (excludes halogenated alkanes) is 16. The summed E-state index contributed by atoms with van der Waals surface area (Å²) < 4.78 is 0. The van der Waals surface area contributed by atoms with Crippen LogP contribution < -0.4 is 16.0 Å². The Morgan fingerprint density at radius 1 is 0.509 bits per heavy atom. The van der Waals surface area contributed by atoms with Crippen molar-refractivity contribution in [3.63, 3.8) is 0 Å². The van der Waals surface area contributed by atoms with Crippen LogP contribution >= 0.6 is 0 Å². The van der Waals surface area contributed by atoms with Gasteiger partial charge in [0.15, 0.2) is 0 Å². The maximum atomic E-state index is 12.6. The lowest BCUT2D eigenvalue weighted by molar-refractivity contribution is -0.134. The van der Waals surface area contributed by atoms with E-state index in [-0.39, 0.29) is 24.1 Å². The average molecular weight is 770 g/mol. The van der Waals surface area contributed by atoms with Crippen molar-refractivity contribution in [1.82, 2.24) is 25.8 Å². The fourth-order valence-electron chi connectivity index (χ4n) is 6.34. The van der Waals surface area contributed by atoms with Gasteiger partial charge in [0.1, 0.15) is 0 Å². The van der Waals surface area contributed by atoms with E-state index in [0.717, 1.165) is 84.5 Å². The molecule has 2 aliphatic heterocycles. The van der Waals surface area contributed by atoms with Crippen molar-refractivity contribution < 1.29 is 19.5 Å². The first-order valence-electron chi connectivity index (χ1n) is 22.4. The molecule has 0 saturated carbocycles. The highest BCUT2D eigenvalue weighted by Gasteiger charge is 2.34. The van der Waals surface area contributed by atoms with Crippen LogP contribution in [0.5, 0.6) is 0 Å². The van der Waals surface area contributed by atoms with Crippen molar-refractivity contribution in [2.45, 2.75) is 187 Å². The third-order valence-electron chi connectivity index (χ3n) is 9.92. The minimum atomic E-state index is -0.833. The SMILES string of the molecule is CC(=O)O.CCCCC/C=C/C/C=C/CCCCCCCC(=O)NCC(NC(CNC(=O)CCCCCCC/C=C/C/C=C/CCCCC)N1CC1)N1CC1. The number of carbonyl (C=O) groups is 3. The van der Waals surface area contributed by atoms with Crippen LogP contribution in [0.15, 0.2) is 48.6 Å². The van der Waals surface area contributed by atoms with Gasteiger partial charge in [-0.1, -0.05) is 127 Å². The second kappa shape index (κ2) is 36.9. The van der Waals surface area contributed by atoms with Crippen LogP contribution in [-0.2, 0) is 14.4 Å². The summed E-state index contributed by atoms with van der Waals surface area (Å²) in [5, 5.41) is 17.5. The average Bonchev–Trinajstić information content (AvgIpc) is 4.09. The van der Waals surface area contributed by atoms with Gasteiger partial charge in [0.2, 0.25) is 11.8 Å². The van der Waals surface area contributed by atoms with E-state index in [1.807, 2.05) is 0 Å². The van der Waals surface area contributed by atoms with Crippen molar-refractivity contribution in [1.29, 1.82) is 0 Å². The fraction of sp³-hybridized carbons (Fsp3) is 0.761. The molecule has 0 aromatic rings. The summed E-state index contributed by atoms with van der Waals surface area (Å²) in [5.74, 6) is -0.522. The Morgan fingerprint density at radius 3 is 1.15 bits per heavy atom. The molecule has 2 unspecified atom stereocenters. The molecule has 2 rings (SSSR count). The van der Waals surface area contributed by atoms with Gasteiger partial charge in [-0.3, -0.25) is 29.5 Å². The number of aliphatic carboxylic acids is 1. The van der Waals surface area contributed by atoms with Gasteiger partial charge in [-0.25, -0.2) is 0 Å². The first kappa shape index (κ1) is 50.3. The van der Waals surface area contributed by atoms with Crippen LogP contribution in [0.2, 0.25) is 0 Å². The molecule has 2 saturated heterocycles. The molecule has 55 heavy (non-hydrogen) atoms. The summed E-state index contributed by atoms with van der Waals surface area (Å²) in [6.45, 7) is 11.1. The number of hydrogen-bond acceptors (Lipinski definition) is 6. The zero-order valence-corrected chi connectivity index (χ0v) is 35.6. The monoisotopic (exact) mass is 770 g/mol. The van der Waals surface area contributed by atoms with Gasteiger partial charge in [-0.05, 0) is 77.0 Å². The normalized spacial score (nSPS) is 15.5. The van der Waals surface area contributed by atoms with Gasteiger partial charge >= 0.3 is 0 Å². The lowest BCUT2D eigenvalue weighted by atomic mass is 10.1. The highest BCUT2D eigenvalue weighted by molar-refractivity contribution is 5.76. The molecule has 2 heterocycles. The standard InChI is InChI=1S/C44H79N5O2.C2H4O2/c1-3-5-7-9-11-13-15-17-19-21-23-25-27-29-31-33-43(50)45-39-41(48-35-36-48)47-42(49-37-38-49)40-46-44(51)34-32-30-28-26-24-22-20-18-16-14-12-10-8-6-4-2;1-2(3)4/h11-14,17-20,41-42,47H,3-10,15-16,21-40H2,1-2H3,(H,45,50)(H,46,51);1H3,(H,3,4)/b13-11+,14-12+,19-17+,20-18+;. The third-order valence-corrected chi connectivity index (χ3v) is 9.92. The van der Waals surface area contributed by atoms with Gasteiger partial charge < -0.3 is 15.7 Å². The minimum Gasteiger partial charge on any atom is -0.481 e. The smallest absolute Gasteiger partial charge is 0.300 e. The van der Waals surface area contributed by atoms with E-state index in [4.69, 9.17) is 9.90 Å². The number of rotatable bonds is 36. The first-order chi connectivity index (χ1) is 26.9. The van der Waals surface area contributed by atoms with E-state index in [1.54, 1.807) is 0 Å². The lowest BCUT2D eigenvalue weighted by Gasteiger charge is -2.28. The molecule has 9 nitrogen and oxygen atoms in total. The zero-order valence-electron chi connectivity index (χ0n) is 35.6. The molecule has 0 aromatic carbocycles. The highest BCUT2D eigenvalue weighted by Crippen LogP contribution is 2.15. The molecule has 4 N–H and O–H groups in total. The summed E-state index contributed by atoms with van der Waals surface area (Å²) in [6.07, 6.45) is 46.2. The summed E-state index contributed by atoms with van der Waals surface area (Å²) in [6, 6.07) is 0. The van der Waals surface area contributed by atoms with Crippen molar-refractivity contribution >= 4 is 17.8 Å². The molecule has 0 spiro atoms. The minimum absolute atomic E-state index is 0.114. The van der Waals surface area contributed by atoms with Crippen LogP contribution in [0.3, 0.4) is 0 Å². The van der Waals surface area contributed by atoms with Gasteiger partial charge in [0, 0.05) is 59.0 Å². The van der Waals surface area contributed by atoms with E-state index in [0.29, 0.717) is 25.9 Å². The van der Waals surface area contributed by atoms with Gasteiger partial charge in [-0.15, -0.1) is 0 Å². The van der Waals surface area contributed by atoms with E-state index >= 15 is 0 Å². The van der Waals surface area contributed by atoms with Crippen LogP contribution in [-0.4, -0.2) is 84.3 Å². The first-order valence-corrected chi connectivity index (χ1v) is 22.4. The van der Waals surface area contributed by atoms with E-state index in [9.17, 15) is 9.59 Å². The molecular weight excluding hydrogens is 687 g/mol. The number of amides is 2. The van der Waals surface area contributed by atoms with Gasteiger partial charge in [0.05, 0.1) is 12.3 Å². The topological polar surface area (TPSA) is 114 Å². The van der Waals surface area contributed by atoms with Gasteiger partial charge in [-0.2, -0.15) is 0 Å². The lowest BCUT2D eigenvalue weighted by Crippen LogP contribution is -2.55. The molecule has 0 aliphatic carbocycles. The molecule has 2 aliphatic rings. The van der Waals surface area contributed by atoms with E-state index in [2.05, 4.69) is 88.2 Å². The van der Waals surface area contributed by atoms with Crippen LogP contribution in [0, 0.1) is 0 Å². The molecule has 2 fully saturated rings. The Labute approximate surface area is 337 Å². The highest BCUT2D eigenvalue weighted by atomic mass is 16.4. The molecule has 316 valence electrons. The van der Waals surface area contributed by atoms with Crippen molar-refractivity contribution in [2.24, 2.45) is 0 Å². The maximum absolute atomic E-state index is 12.6. The number of carboxylic acids is 1. The van der Waals surface area contributed by atoms with Crippen molar-refractivity contribution in [3.8, 4) is 0 Å². The molecule has 0 radical (unpaired) electrons. The van der Waals surface area contributed by atoms with E-state index in [1.165, 1.54) is 89.9 Å². The predicted octanol–water partition coefficient (Wildman–Crippen LogP) is 9.81. The Hall–Kier alpha value is -2.75. The predicted molar refractivity (Wildman–Crippen MR) is 232 cm³/mol. The number of allylic oxidation sites excluding steroid dienone is 8. The number of nitrogens with zero attached hydrogens (tertiary/aromatic N) is 2. The largest absolute Gasteiger partial charge is 0.481 e. The number of nitrogens with one attached hydrogen (secondary N) is 3. The van der Waals surface area contributed by atoms with Gasteiger partial charge in [0.25, 0.3) is 5.97 Å². The maximum Gasteiger partial charge on any atom is 0.300 e. The van der Waals surface area contributed by atoms with Crippen molar-refractivity contribution in [3.05, 3.63) is 48.6 Å². The summed E-state index contributed by atoms with van der Waals surface area (Å²) in [7, 11) is 0. The second-order valence-corrected chi connectivity index (χ2v) is 15.4.